The SMILES string of the molecule is C=Cc1ccc(S(=O)(=O)C(=CC=CN(CC)CC)C(=O)OCC)cc1. The fraction of sp³-hybridized carbons (Fsp3) is 0.316. The lowest BCUT2D eigenvalue weighted by atomic mass is 10.2. The van der Waals surface area contributed by atoms with E-state index in [-0.39, 0.29) is 16.4 Å². The fourth-order valence-corrected chi connectivity index (χ4v) is 3.35. The number of hydrogen-bond acceptors (Lipinski definition) is 5. The fourth-order valence-electron chi connectivity index (χ4n) is 2.07. The zero-order valence-corrected chi connectivity index (χ0v) is 15.8. The van der Waals surface area contributed by atoms with Crippen molar-refractivity contribution < 1.29 is 17.9 Å². The summed E-state index contributed by atoms with van der Waals surface area (Å²) in [6, 6.07) is 6.17. The van der Waals surface area contributed by atoms with Crippen LogP contribution in [0.2, 0.25) is 0 Å². The highest BCUT2D eigenvalue weighted by molar-refractivity contribution is 7.96. The van der Waals surface area contributed by atoms with E-state index >= 15 is 0 Å². The number of carbonyl (C=O) groups excluding carboxylic acids is 1. The van der Waals surface area contributed by atoms with E-state index in [1.54, 1.807) is 37.4 Å². The van der Waals surface area contributed by atoms with Crippen molar-refractivity contribution in [3.05, 3.63) is 59.7 Å². The highest BCUT2D eigenvalue weighted by atomic mass is 32.2. The molecule has 0 N–H and O–H groups in total. The summed E-state index contributed by atoms with van der Waals surface area (Å²) in [4.78, 5) is 13.8. The van der Waals surface area contributed by atoms with Gasteiger partial charge in [-0.15, -0.1) is 0 Å². The molecule has 0 unspecified atom stereocenters. The van der Waals surface area contributed by atoms with Crippen LogP contribution in [0.15, 0.2) is 59.0 Å². The van der Waals surface area contributed by atoms with Crippen LogP contribution in [0.4, 0.5) is 0 Å². The summed E-state index contributed by atoms with van der Waals surface area (Å²) in [5.74, 6) is -0.862. The molecule has 25 heavy (non-hydrogen) atoms. The van der Waals surface area contributed by atoms with Crippen LogP contribution >= 0.6 is 0 Å². The van der Waals surface area contributed by atoms with E-state index in [9.17, 15) is 13.2 Å². The van der Waals surface area contributed by atoms with Crippen molar-refractivity contribution in [1.82, 2.24) is 4.90 Å². The summed E-state index contributed by atoms with van der Waals surface area (Å²) in [7, 11) is -3.98. The van der Waals surface area contributed by atoms with Gasteiger partial charge in [0.15, 0.2) is 4.91 Å². The third-order valence-corrected chi connectivity index (χ3v) is 5.32. The molecule has 1 rings (SSSR count). The van der Waals surface area contributed by atoms with Crippen LogP contribution in [0.25, 0.3) is 6.08 Å². The molecule has 5 nitrogen and oxygen atoms in total. The van der Waals surface area contributed by atoms with Gasteiger partial charge in [-0.3, -0.25) is 0 Å². The molecule has 136 valence electrons. The van der Waals surface area contributed by atoms with Gasteiger partial charge in [0, 0.05) is 13.1 Å². The summed E-state index contributed by atoms with van der Waals surface area (Å²) in [5, 5.41) is 0. The lowest BCUT2D eigenvalue weighted by Crippen LogP contribution is -2.17. The standard InChI is InChI=1S/C19H25NO4S/c1-5-16-11-13-17(14-12-16)25(22,23)18(19(21)24-8-4)10-9-15-20(6-2)7-3/h5,9-15H,1,6-8H2,2-4H3. The first kappa shape index (κ1) is 20.7. The number of hydrogen-bond donors (Lipinski definition) is 0. The van der Waals surface area contributed by atoms with Crippen molar-refractivity contribution in [3.63, 3.8) is 0 Å². The van der Waals surface area contributed by atoms with Crippen LogP contribution in [0.5, 0.6) is 0 Å². The Labute approximate surface area is 150 Å². The highest BCUT2D eigenvalue weighted by Crippen LogP contribution is 2.21. The Bertz CT molecular complexity index is 742. The summed E-state index contributed by atoms with van der Waals surface area (Å²) in [6.45, 7) is 10.9. The van der Waals surface area contributed by atoms with Gasteiger partial charge in [0.05, 0.1) is 11.5 Å². The molecule has 0 heterocycles. The lowest BCUT2D eigenvalue weighted by Gasteiger charge is -2.14. The van der Waals surface area contributed by atoms with Crippen LogP contribution in [-0.2, 0) is 19.4 Å². The van der Waals surface area contributed by atoms with Gasteiger partial charge in [-0.1, -0.05) is 24.8 Å². The second-order valence-electron chi connectivity index (χ2n) is 5.09. The molecule has 0 saturated heterocycles. The predicted molar refractivity (Wildman–Crippen MR) is 100 cm³/mol. The van der Waals surface area contributed by atoms with Gasteiger partial charge in [-0.05, 0) is 56.8 Å². The molecule has 0 radical (unpaired) electrons. The Morgan fingerprint density at radius 3 is 2.24 bits per heavy atom. The van der Waals surface area contributed by atoms with Crippen molar-refractivity contribution in [1.29, 1.82) is 0 Å². The topological polar surface area (TPSA) is 63.7 Å². The van der Waals surface area contributed by atoms with E-state index < -0.39 is 15.8 Å². The monoisotopic (exact) mass is 363 g/mol. The zero-order valence-electron chi connectivity index (χ0n) is 14.9. The van der Waals surface area contributed by atoms with Gasteiger partial charge in [0.1, 0.15) is 0 Å². The average Bonchev–Trinajstić information content (AvgIpc) is 2.62. The molecule has 0 atom stereocenters. The van der Waals surface area contributed by atoms with Crippen LogP contribution in [-0.4, -0.2) is 39.0 Å². The molecule has 0 fully saturated rings. The minimum absolute atomic E-state index is 0.0358. The first-order chi connectivity index (χ1) is 11.9. The highest BCUT2D eigenvalue weighted by Gasteiger charge is 2.27. The Morgan fingerprint density at radius 1 is 1.16 bits per heavy atom. The second kappa shape index (κ2) is 9.84. The molecule has 0 aliphatic rings. The van der Waals surface area contributed by atoms with Crippen molar-refractivity contribution in [3.8, 4) is 0 Å². The van der Waals surface area contributed by atoms with Gasteiger partial charge in [0.25, 0.3) is 0 Å². The maximum absolute atomic E-state index is 12.8. The zero-order chi connectivity index (χ0) is 18.9. The predicted octanol–water partition coefficient (Wildman–Crippen LogP) is 3.41. The minimum atomic E-state index is -3.98. The van der Waals surface area contributed by atoms with Gasteiger partial charge in [-0.25, -0.2) is 13.2 Å². The van der Waals surface area contributed by atoms with Gasteiger partial charge in [-0.2, -0.15) is 0 Å². The van der Waals surface area contributed by atoms with E-state index in [0.717, 1.165) is 18.7 Å². The Balaban J connectivity index is 3.29. The summed E-state index contributed by atoms with van der Waals surface area (Å²) in [5.41, 5.74) is 0.794. The molecule has 0 aliphatic heterocycles. The number of sulfone groups is 1. The second-order valence-corrected chi connectivity index (χ2v) is 7.01. The average molecular weight is 363 g/mol. The molecule has 0 spiro atoms. The van der Waals surface area contributed by atoms with E-state index in [4.69, 9.17) is 4.74 Å². The van der Waals surface area contributed by atoms with Crippen LogP contribution in [0.1, 0.15) is 26.3 Å². The molecule has 0 bridgehead atoms. The Hall–Kier alpha value is -2.34. The smallest absolute Gasteiger partial charge is 0.350 e. The molecule has 0 aliphatic carbocycles. The molecular formula is C19H25NO4S. The lowest BCUT2D eigenvalue weighted by molar-refractivity contribution is -0.137. The van der Waals surface area contributed by atoms with E-state index in [1.165, 1.54) is 18.2 Å². The number of esters is 1. The molecule has 1 aromatic rings. The molecule has 6 heteroatoms. The molecule has 0 amide bonds. The van der Waals surface area contributed by atoms with Crippen LogP contribution in [0, 0.1) is 0 Å². The number of nitrogens with zero attached hydrogens (tertiary/aromatic N) is 1. The van der Waals surface area contributed by atoms with Crippen molar-refractivity contribution in [2.45, 2.75) is 25.7 Å². The molecular weight excluding hydrogens is 338 g/mol. The Morgan fingerprint density at radius 2 is 1.76 bits per heavy atom. The van der Waals surface area contributed by atoms with E-state index in [2.05, 4.69) is 6.58 Å². The van der Waals surface area contributed by atoms with Gasteiger partial charge < -0.3 is 9.64 Å². The number of allylic oxidation sites excluding steroid dienone is 2. The van der Waals surface area contributed by atoms with Crippen LogP contribution in [0.3, 0.4) is 0 Å². The van der Waals surface area contributed by atoms with E-state index in [0.29, 0.717) is 0 Å². The number of benzene rings is 1. The van der Waals surface area contributed by atoms with Crippen LogP contribution < -0.4 is 0 Å². The van der Waals surface area contributed by atoms with Gasteiger partial charge in [0.2, 0.25) is 9.84 Å². The number of carbonyl (C=O) groups is 1. The normalized spacial score (nSPS) is 12.2. The first-order valence-corrected chi connectivity index (χ1v) is 9.66. The Kier molecular flexibility index (Phi) is 8.15. The molecule has 0 aromatic heterocycles. The quantitative estimate of drug-likeness (QED) is 0.382. The number of ether oxygens (including phenoxy) is 1. The summed E-state index contributed by atoms with van der Waals surface area (Å²) in [6.07, 6.45) is 6.20. The molecule has 0 saturated carbocycles. The van der Waals surface area contributed by atoms with Crippen molar-refractivity contribution >= 4 is 21.9 Å². The number of rotatable bonds is 9. The molecule has 1 aromatic carbocycles. The maximum Gasteiger partial charge on any atom is 0.350 e. The summed E-state index contributed by atoms with van der Waals surface area (Å²) < 4.78 is 30.6. The van der Waals surface area contributed by atoms with Crippen molar-refractivity contribution in [2.24, 2.45) is 0 Å². The first-order valence-electron chi connectivity index (χ1n) is 8.17. The van der Waals surface area contributed by atoms with Gasteiger partial charge >= 0.3 is 5.97 Å². The maximum atomic E-state index is 12.8. The minimum Gasteiger partial charge on any atom is -0.462 e. The van der Waals surface area contributed by atoms with E-state index in [1.807, 2.05) is 18.7 Å². The third kappa shape index (κ3) is 5.60. The third-order valence-electron chi connectivity index (χ3n) is 3.55. The van der Waals surface area contributed by atoms with Crippen molar-refractivity contribution in [2.75, 3.05) is 19.7 Å². The largest absolute Gasteiger partial charge is 0.462 e. The summed E-state index contributed by atoms with van der Waals surface area (Å²) >= 11 is 0.